The summed E-state index contributed by atoms with van der Waals surface area (Å²) in [5.74, 6) is -0.396. The van der Waals surface area contributed by atoms with Crippen molar-refractivity contribution < 1.29 is 18.0 Å². The van der Waals surface area contributed by atoms with Crippen LogP contribution in [0.4, 0.5) is 11.4 Å². The highest BCUT2D eigenvalue weighted by molar-refractivity contribution is 8.15. The first-order valence-electron chi connectivity index (χ1n) is 12.4. The molecule has 8 nitrogen and oxygen atoms in total. The standard InChI is InChI=1S/C27H32N4O4S2/c1-30(2)37(34,35)23-15-9-14-22(18-23)29-27-31(17-16-20-10-5-3-6-11-20)26(33)24(36-27)19-25(32)28-21-12-7-4-8-13-21/h4,7-10,12-15,18,24H,3,5-6,11,16-17,19H2,1-2H3,(H,28,32)/t24-/m0/s1. The number of aliphatic imine (C=N–C) groups is 1. The minimum Gasteiger partial charge on any atom is -0.326 e. The highest BCUT2D eigenvalue weighted by Crippen LogP contribution is 2.33. The number of anilines is 1. The van der Waals surface area contributed by atoms with Gasteiger partial charge in [0.1, 0.15) is 5.25 Å². The van der Waals surface area contributed by atoms with Crippen molar-refractivity contribution in [3.05, 3.63) is 66.2 Å². The Morgan fingerprint density at radius 2 is 1.92 bits per heavy atom. The minimum absolute atomic E-state index is 0.0195. The number of sulfonamides is 1. The smallest absolute Gasteiger partial charge is 0.242 e. The van der Waals surface area contributed by atoms with Crippen molar-refractivity contribution in [2.24, 2.45) is 4.99 Å². The summed E-state index contributed by atoms with van der Waals surface area (Å²) < 4.78 is 26.3. The molecule has 0 saturated carbocycles. The monoisotopic (exact) mass is 540 g/mol. The van der Waals surface area contributed by atoms with Crippen LogP contribution in [0.5, 0.6) is 0 Å². The van der Waals surface area contributed by atoms with Crippen molar-refractivity contribution >= 4 is 50.1 Å². The first-order chi connectivity index (χ1) is 17.7. The fourth-order valence-corrected chi connectivity index (χ4v) is 6.38. The molecule has 10 heteroatoms. The second kappa shape index (κ2) is 12.1. The molecule has 1 N–H and O–H groups in total. The average Bonchev–Trinajstić information content (AvgIpc) is 3.17. The van der Waals surface area contributed by atoms with Crippen molar-refractivity contribution in [2.75, 3.05) is 26.0 Å². The first kappa shape index (κ1) is 27.1. The topological polar surface area (TPSA) is 99.1 Å². The SMILES string of the molecule is CN(C)S(=O)(=O)c1cccc(N=C2S[C@@H](CC(=O)Nc3ccccc3)C(=O)N2CCC2=CCCCC2)c1. The second-order valence-electron chi connectivity index (χ2n) is 9.25. The lowest BCUT2D eigenvalue weighted by Crippen LogP contribution is -2.34. The van der Waals surface area contributed by atoms with Crippen LogP contribution in [0.3, 0.4) is 0 Å². The van der Waals surface area contributed by atoms with E-state index in [2.05, 4.69) is 16.4 Å². The number of hydrogen-bond donors (Lipinski definition) is 1. The molecule has 1 aliphatic carbocycles. The van der Waals surface area contributed by atoms with E-state index in [1.54, 1.807) is 29.2 Å². The number of carbonyl (C=O) groups is 2. The molecular formula is C27H32N4O4S2. The summed E-state index contributed by atoms with van der Waals surface area (Å²) in [6.45, 7) is 0.475. The van der Waals surface area contributed by atoms with E-state index in [1.807, 2.05) is 18.2 Å². The third-order valence-corrected chi connectivity index (χ3v) is 9.30. The number of thioether (sulfide) groups is 1. The van der Waals surface area contributed by atoms with E-state index in [-0.39, 0.29) is 23.1 Å². The molecule has 1 heterocycles. The molecule has 0 unspecified atom stereocenters. The predicted molar refractivity (Wildman–Crippen MR) is 148 cm³/mol. The Morgan fingerprint density at radius 3 is 2.62 bits per heavy atom. The normalized spacial score (nSPS) is 19.4. The van der Waals surface area contributed by atoms with Gasteiger partial charge in [-0.15, -0.1) is 0 Å². The number of amidine groups is 1. The molecule has 0 bridgehead atoms. The van der Waals surface area contributed by atoms with Gasteiger partial charge < -0.3 is 5.32 Å². The van der Waals surface area contributed by atoms with Crippen LogP contribution >= 0.6 is 11.8 Å². The molecule has 2 amide bonds. The van der Waals surface area contributed by atoms with E-state index in [0.29, 0.717) is 23.1 Å². The van der Waals surface area contributed by atoms with Crippen LogP contribution in [0.2, 0.25) is 0 Å². The number of para-hydroxylation sites is 1. The number of rotatable bonds is 9. The highest BCUT2D eigenvalue weighted by atomic mass is 32.2. The predicted octanol–water partition coefficient (Wildman–Crippen LogP) is 4.79. The number of amides is 2. The van der Waals surface area contributed by atoms with Gasteiger partial charge in [-0.1, -0.05) is 47.7 Å². The maximum absolute atomic E-state index is 13.4. The number of benzene rings is 2. The summed E-state index contributed by atoms with van der Waals surface area (Å²) in [5, 5.41) is 2.73. The molecule has 2 aromatic rings. The summed E-state index contributed by atoms with van der Waals surface area (Å²) in [6.07, 6.45) is 7.48. The Kier molecular flexibility index (Phi) is 8.83. The molecule has 0 spiro atoms. The molecule has 0 aromatic heterocycles. The van der Waals surface area contributed by atoms with E-state index < -0.39 is 15.3 Å². The molecule has 2 aromatic carbocycles. The van der Waals surface area contributed by atoms with Crippen LogP contribution in [0.1, 0.15) is 38.5 Å². The zero-order valence-electron chi connectivity index (χ0n) is 21.1. The van der Waals surface area contributed by atoms with Gasteiger partial charge in [0.25, 0.3) is 0 Å². The summed E-state index contributed by atoms with van der Waals surface area (Å²) in [6, 6.07) is 15.5. The third-order valence-electron chi connectivity index (χ3n) is 6.31. The van der Waals surface area contributed by atoms with E-state index in [0.717, 1.165) is 30.0 Å². The van der Waals surface area contributed by atoms with Gasteiger partial charge in [0.05, 0.1) is 10.6 Å². The van der Waals surface area contributed by atoms with Crippen LogP contribution in [-0.2, 0) is 19.6 Å². The van der Waals surface area contributed by atoms with Crippen LogP contribution in [0.15, 0.2) is 76.1 Å². The minimum atomic E-state index is -3.62. The molecule has 196 valence electrons. The summed E-state index contributed by atoms with van der Waals surface area (Å²) in [7, 11) is -0.665. The van der Waals surface area contributed by atoms with Crippen LogP contribution in [-0.4, -0.2) is 60.5 Å². The fraction of sp³-hybridized carbons (Fsp3) is 0.370. The molecule has 1 atom stereocenters. The van der Waals surface area contributed by atoms with Crippen LogP contribution < -0.4 is 5.32 Å². The number of hydrogen-bond acceptors (Lipinski definition) is 6. The highest BCUT2D eigenvalue weighted by Gasteiger charge is 2.39. The van der Waals surface area contributed by atoms with Gasteiger partial charge in [0, 0.05) is 32.7 Å². The molecular weight excluding hydrogens is 508 g/mol. The van der Waals surface area contributed by atoms with Gasteiger partial charge in [-0.3, -0.25) is 14.5 Å². The molecule has 0 radical (unpaired) electrons. The van der Waals surface area contributed by atoms with Gasteiger partial charge in [-0.25, -0.2) is 17.7 Å². The number of carbonyl (C=O) groups excluding carboxylic acids is 2. The zero-order chi connectivity index (χ0) is 26.4. The van der Waals surface area contributed by atoms with Crippen molar-refractivity contribution in [2.45, 2.75) is 48.7 Å². The Balaban J connectivity index is 1.56. The average molecular weight is 541 g/mol. The maximum atomic E-state index is 13.4. The molecule has 2 aliphatic rings. The van der Waals surface area contributed by atoms with E-state index in [1.165, 1.54) is 50.0 Å². The van der Waals surface area contributed by atoms with Crippen molar-refractivity contribution in [1.82, 2.24) is 9.21 Å². The zero-order valence-corrected chi connectivity index (χ0v) is 22.7. The molecule has 1 saturated heterocycles. The second-order valence-corrected chi connectivity index (χ2v) is 12.6. The van der Waals surface area contributed by atoms with Crippen molar-refractivity contribution in [3.8, 4) is 0 Å². The summed E-state index contributed by atoms with van der Waals surface area (Å²) in [5.41, 5.74) is 2.46. The lowest BCUT2D eigenvalue weighted by Gasteiger charge is -2.19. The summed E-state index contributed by atoms with van der Waals surface area (Å²) >= 11 is 1.25. The molecule has 1 fully saturated rings. The lowest BCUT2D eigenvalue weighted by molar-refractivity contribution is -0.128. The Labute approximate surface area is 222 Å². The van der Waals surface area contributed by atoms with Crippen LogP contribution in [0.25, 0.3) is 0 Å². The molecule has 37 heavy (non-hydrogen) atoms. The lowest BCUT2D eigenvalue weighted by atomic mass is 9.97. The molecule has 1 aliphatic heterocycles. The first-order valence-corrected chi connectivity index (χ1v) is 14.7. The van der Waals surface area contributed by atoms with E-state index in [4.69, 9.17) is 0 Å². The van der Waals surface area contributed by atoms with E-state index >= 15 is 0 Å². The number of nitrogens with zero attached hydrogens (tertiary/aromatic N) is 3. The Morgan fingerprint density at radius 1 is 1.14 bits per heavy atom. The third kappa shape index (κ3) is 6.88. The van der Waals surface area contributed by atoms with E-state index in [9.17, 15) is 18.0 Å². The van der Waals surface area contributed by atoms with Gasteiger partial charge in [0.15, 0.2) is 5.17 Å². The van der Waals surface area contributed by atoms with Crippen molar-refractivity contribution in [3.63, 3.8) is 0 Å². The van der Waals surface area contributed by atoms with Gasteiger partial charge >= 0.3 is 0 Å². The largest absolute Gasteiger partial charge is 0.326 e. The number of allylic oxidation sites excluding steroid dienone is 1. The van der Waals surface area contributed by atoms with Crippen LogP contribution in [0, 0.1) is 0 Å². The van der Waals surface area contributed by atoms with Gasteiger partial charge in [0.2, 0.25) is 21.8 Å². The fourth-order valence-electron chi connectivity index (χ4n) is 4.25. The van der Waals surface area contributed by atoms with Gasteiger partial charge in [-0.2, -0.15) is 0 Å². The number of nitrogens with one attached hydrogen (secondary N) is 1. The Bertz CT molecular complexity index is 1310. The molecule has 4 rings (SSSR count). The quantitative estimate of drug-likeness (QED) is 0.461. The van der Waals surface area contributed by atoms with Crippen molar-refractivity contribution in [1.29, 1.82) is 0 Å². The maximum Gasteiger partial charge on any atom is 0.242 e. The summed E-state index contributed by atoms with van der Waals surface area (Å²) in [4.78, 5) is 32.6. The Hall–Kier alpha value is -2.95. The van der Waals surface area contributed by atoms with Gasteiger partial charge in [-0.05, 0) is 62.4 Å².